The highest BCUT2D eigenvalue weighted by Crippen LogP contribution is 2.32. The Kier molecular flexibility index (Phi) is 8.09. The number of aromatic amines is 1. The highest BCUT2D eigenvalue weighted by atomic mass is 16.6. The fourth-order valence-corrected chi connectivity index (χ4v) is 4.88. The first-order valence-corrected chi connectivity index (χ1v) is 13.1. The van der Waals surface area contributed by atoms with E-state index >= 15 is 0 Å². The second kappa shape index (κ2) is 11.9. The molecule has 1 aromatic carbocycles. The summed E-state index contributed by atoms with van der Waals surface area (Å²) in [4.78, 5) is 39.6. The fraction of sp³-hybridized carbons (Fsp3) is 0.423. The largest absolute Gasteiger partial charge is 0.494 e. The number of aromatic hydroxyl groups is 1. The maximum absolute atomic E-state index is 12.3. The Labute approximate surface area is 228 Å². The van der Waals surface area contributed by atoms with Crippen molar-refractivity contribution >= 4 is 45.3 Å². The molecule has 14 nitrogen and oxygen atoms in total. The maximum atomic E-state index is 12.3. The summed E-state index contributed by atoms with van der Waals surface area (Å²) < 4.78 is 7.31. The molecule has 4 atom stereocenters. The highest BCUT2D eigenvalue weighted by Gasteiger charge is 2.44. The molecule has 5 rings (SSSR count). The van der Waals surface area contributed by atoms with Gasteiger partial charge in [0.05, 0.1) is 12.0 Å². The summed E-state index contributed by atoms with van der Waals surface area (Å²) in [6, 6.07) is 5.32. The monoisotopic (exact) mass is 552 g/mol. The van der Waals surface area contributed by atoms with Gasteiger partial charge in [0, 0.05) is 36.4 Å². The lowest BCUT2D eigenvalue weighted by Crippen LogP contribution is -2.39. The molecule has 1 aliphatic heterocycles. The van der Waals surface area contributed by atoms with Crippen molar-refractivity contribution in [2.75, 3.05) is 17.6 Å². The Morgan fingerprint density at radius 1 is 1.02 bits per heavy atom. The van der Waals surface area contributed by atoms with E-state index in [2.05, 4.69) is 30.6 Å². The zero-order valence-corrected chi connectivity index (χ0v) is 21.7. The quantitative estimate of drug-likeness (QED) is 0.132. The molecule has 14 heteroatoms. The van der Waals surface area contributed by atoms with E-state index in [1.807, 2.05) is 0 Å². The topological polar surface area (TPSA) is 214 Å². The van der Waals surface area contributed by atoms with Gasteiger partial charge in [-0.3, -0.25) is 14.2 Å². The molecule has 40 heavy (non-hydrogen) atoms. The molecule has 4 aromatic rings. The number of aliphatic hydroxyl groups excluding tert-OH is 2. The standard InChI is InChI=1S/C26H32N8O6/c27-23-20-24(31-12-30-23)34(13-32-20)26-22(38)21(37)17(40-26)11-28-18(35)8-3-1-2-4-9-19(36)33-16-7-5-6-14-15(16)10-29-25(14)39/h5-7,10,12-13,17,21-22,26,29,37-39H,1-4,8-9,11H2,(H,28,35)(H,33,36)(H2,27,30,31). The van der Waals surface area contributed by atoms with Gasteiger partial charge in [-0.15, -0.1) is 0 Å². The molecule has 212 valence electrons. The number of unbranched alkanes of at least 4 members (excludes halogenated alkanes) is 3. The molecule has 4 unspecified atom stereocenters. The normalized spacial score (nSPS) is 20.8. The average molecular weight is 553 g/mol. The third kappa shape index (κ3) is 5.68. The molecular formula is C26H32N8O6. The maximum Gasteiger partial charge on any atom is 0.224 e. The number of H-pyrrole nitrogens is 1. The number of aliphatic hydroxyl groups is 2. The molecule has 0 bridgehead atoms. The average Bonchev–Trinajstić information content (AvgIpc) is 3.62. The molecule has 3 aromatic heterocycles. The van der Waals surface area contributed by atoms with Gasteiger partial charge >= 0.3 is 0 Å². The highest BCUT2D eigenvalue weighted by molar-refractivity contribution is 6.03. The summed E-state index contributed by atoms with van der Waals surface area (Å²) in [6.45, 7) is 0.0309. The summed E-state index contributed by atoms with van der Waals surface area (Å²) in [7, 11) is 0. The third-order valence-electron chi connectivity index (χ3n) is 7.05. The third-order valence-corrected chi connectivity index (χ3v) is 7.05. The zero-order valence-electron chi connectivity index (χ0n) is 21.7. The summed E-state index contributed by atoms with van der Waals surface area (Å²) in [6.07, 6.45) is 3.65. The van der Waals surface area contributed by atoms with Crippen molar-refractivity contribution in [1.29, 1.82) is 0 Å². The van der Waals surface area contributed by atoms with Crippen molar-refractivity contribution in [3.05, 3.63) is 37.1 Å². The molecule has 2 amide bonds. The van der Waals surface area contributed by atoms with Crippen molar-refractivity contribution in [2.45, 2.75) is 63.1 Å². The van der Waals surface area contributed by atoms with E-state index in [4.69, 9.17) is 10.5 Å². The first-order chi connectivity index (χ1) is 19.3. The zero-order chi connectivity index (χ0) is 28.2. The minimum absolute atomic E-state index is 0.0309. The molecule has 1 aliphatic rings. The van der Waals surface area contributed by atoms with E-state index in [1.54, 1.807) is 24.4 Å². The van der Waals surface area contributed by atoms with Crippen molar-refractivity contribution in [3.8, 4) is 5.88 Å². The number of nitrogens with zero attached hydrogens (tertiary/aromatic N) is 4. The fourth-order valence-electron chi connectivity index (χ4n) is 4.88. The van der Waals surface area contributed by atoms with E-state index < -0.39 is 24.5 Å². The molecule has 0 saturated carbocycles. The van der Waals surface area contributed by atoms with Crippen LogP contribution in [0.15, 0.2) is 37.1 Å². The van der Waals surface area contributed by atoms with Crippen LogP contribution in [0.25, 0.3) is 21.9 Å². The van der Waals surface area contributed by atoms with Crippen LogP contribution in [0.5, 0.6) is 5.88 Å². The molecule has 0 spiro atoms. The molecule has 0 aliphatic carbocycles. The predicted molar refractivity (Wildman–Crippen MR) is 145 cm³/mol. The van der Waals surface area contributed by atoms with Gasteiger partial charge in [-0.05, 0) is 25.0 Å². The Morgan fingerprint density at radius 2 is 1.80 bits per heavy atom. The van der Waals surface area contributed by atoms with Crippen LogP contribution in [-0.2, 0) is 14.3 Å². The number of amides is 2. The molecule has 1 saturated heterocycles. The number of hydrogen-bond donors (Lipinski definition) is 7. The Hall–Kier alpha value is -4.27. The van der Waals surface area contributed by atoms with E-state index in [0.29, 0.717) is 47.9 Å². The summed E-state index contributed by atoms with van der Waals surface area (Å²) in [5, 5.41) is 37.8. The van der Waals surface area contributed by atoms with Gasteiger partial charge in [0.25, 0.3) is 0 Å². The van der Waals surface area contributed by atoms with Crippen molar-refractivity contribution in [3.63, 3.8) is 0 Å². The Bertz CT molecular complexity index is 1500. The van der Waals surface area contributed by atoms with Gasteiger partial charge in [0.1, 0.15) is 30.2 Å². The van der Waals surface area contributed by atoms with Crippen LogP contribution in [0.2, 0.25) is 0 Å². The number of nitrogen functional groups attached to an aromatic ring is 1. The van der Waals surface area contributed by atoms with Crippen LogP contribution in [0.1, 0.15) is 44.8 Å². The molecule has 1 fully saturated rings. The van der Waals surface area contributed by atoms with Gasteiger partial charge in [-0.1, -0.05) is 18.9 Å². The number of anilines is 2. The van der Waals surface area contributed by atoms with E-state index in [0.717, 1.165) is 18.2 Å². The van der Waals surface area contributed by atoms with E-state index in [9.17, 15) is 24.9 Å². The van der Waals surface area contributed by atoms with Crippen LogP contribution < -0.4 is 16.4 Å². The van der Waals surface area contributed by atoms with Gasteiger partial charge in [-0.2, -0.15) is 0 Å². The lowest BCUT2D eigenvalue weighted by Gasteiger charge is -2.16. The summed E-state index contributed by atoms with van der Waals surface area (Å²) in [5.74, 6) is -0.0473. The number of aromatic nitrogens is 5. The van der Waals surface area contributed by atoms with Gasteiger partial charge in [0.2, 0.25) is 11.8 Å². The van der Waals surface area contributed by atoms with Crippen LogP contribution in [0.4, 0.5) is 11.5 Å². The number of carbonyl (C=O) groups excluding carboxylic acids is 2. The number of hydrogen-bond acceptors (Lipinski definition) is 10. The first-order valence-electron chi connectivity index (χ1n) is 13.1. The molecule has 4 heterocycles. The second-order valence-electron chi connectivity index (χ2n) is 9.80. The van der Waals surface area contributed by atoms with Crippen molar-refractivity contribution in [2.24, 2.45) is 0 Å². The summed E-state index contributed by atoms with van der Waals surface area (Å²) >= 11 is 0. The number of nitrogens with two attached hydrogens (primary N) is 1. The number of imidazole rings is 1. The smallest absolute Gasteiger partial charge is 0.224 e. The molecule has 8 N–H and O–H groups in total. The van der Waals surface area contributed by atoms with Crippen molar-refractivity contribution < 1.29 is 29.6 Å². The SMILES string of the molecule is Nc1ncnc2c1ncn2C1OC(CNC(=O)CCCCCCC(=O)Nc2cccc3c(O)[nH]cc23)C(O)C1O. The van der Waals surface area contributed by atoms with Gasteiger partial charge in [0.15, 0.2) is 23.6 Å². The second-order valence-corrected chi connectivity index (χ2v) is 9.80. The minimum atomic E-state index is -1.25. The number of benzene rings is 1. The van der Waals surface area contributed by atoms with Gasteiger partial charge in [-0.25, -0.2) is 15.0 Å². The number of carbonyl (C=O) groups is 2. The molecule has 0 radical (unpaired) electrons. The van der Waals surface area contributed by atoms with Crippen LogP contribution in [-0.4, -0.2) is 76.5 Å². The van der Waals surface area contributed by atoms with Crippen LogP contribution in [0.3, 0.4) is 0 Å². The van der Waals surface area contributed by atoms with Crippen molar-refractivity contribution in [1.82, 2.24) is 29.8 Å². The van der Waals surface area contributed by atoms with E-state index in [-0.39, 0.29) is 30.1 Å². The van der Waals surface area contributed by atoms with Gasteiger partial charge < -0.3 is 41.4 Å². The number of rotatable bonds is 11. The Balaban J connectivity index is 0.993. The van der Waals surface area contributed by atoms with E-state index in [1.165, 1.54) is 17.2 Å². The van der Waals surface area contributed by atoms with Crippen LogP contribution in [0, 0.1) is 0 Å². The molecular weight excluding hydrogens is 520 g/mol. The number of fused-ring (bicyclic) bond motifs is 2. The minimum Gasteiger partial charge on any atom is -0.494 e. The number of nitrogens with one attached hydrogen (secondary N) is 3. The lowest BCUT2D eigenvalue weighted by molar-refractivity contribution is -0.122. The number of ether oxygens (including phenoxy) is 1. The Morgan fingerprint density at radius 3 is 2.60 bits per heavy atom. The lowest BCUT2D eigenvalue weighted by atomic mass is 10.1. The summed E-state index contributed by atoms with van der Waals surface area (Å²) in [5.41, 5.74) is 7.18. The van der Waals surface area contributed by atoms with Crippen LogP contribution >= 0.6 is 0 Å². The first kappa shape index (κ1) is 27.3. The predicted octanol–water partition coefficient (Wildman–Crippen LogP) is 1.31.